The Morgan fingerprint density at radius 1 is 1.16 bits per heavy atom. The molecule has 1 aliphatic heterocycles. The minimum Gasteiger partial charge on any atom is -0.325 e. The van der Waals surface area contributed by atoms with Crippen LogP contribution in [0.2, 0.25) is 0 Å². The lowest BCUT2D eigenvalue weighted by molar-refractivity contribution is 0.102. The number of hydrogen-bond donors (Lipinski definition) is 1. The second-order valence-electron chi connectivity index (χ2n) is 5.58. The molecule has 4 nitrogen and oxygen atoms in total. The number of benzene rings is 2. The molecule has 0 spiro atoms. The number of rotatable bonds is 3. The molecule has 0 aliphatic carbocycles. The average Bonchev–Trinajstić information content (AvgIpc) is 3.19. The monoisotopic (exact) mass is 357 g/mol. The molecule has 0 radical (unpaired) electrons. The Balaban J connectivity index is 1.64. The van der Waals surface area contributed by atoms with Crippen LogP contribution in [-0.4, -0.2) is 21.2 Å². The van der Waals surface area contributed by atoms with Gasteiger partial charge >= 0.3 is 0 Å². The van der Waals surface area contributed by atoms with Crippen molar-refractivity contribution in [3.8, 4) is 11.3 Å². The van der Waals surface area contributed by atoms with Gasteiger partial charge in [-0.2, -0.15) is 0 Å². The number of aryl methyl sites for hydroxylation is 1. The van der Waals surface area contributed by atoms with Gasteiger partial charge < -0.3 is 9.88 Å². The summed E-state index contributed by atoms with van der Waals surface area (Å²) < 4.78 is 28.5. The zero-order valence-corrected chi connectivity index (χ0v) is 13.8. The van der Waals surface area contributed by atoms with Crippen molar-refractivity contribution in [2.75, 3.05) is 11.1 Å². The maximum Gasteiger partial charge on any atom is 0.255 e. The van der Waals surface area contributed by atoms with Gasteiger partial charge in [-0.15, -0.1) is 0 Å². The van der Waals surface area contributed by atoms with Gasteiger partial charge in [0.25, 0.3) is 5.91 Å². The van der Waals surface area contributed by atoms with Crippen LogP contribution in [0.3, 0.4) is 0 Å². The molecule has 25 heavy (non-hydrogen) atoms. The third-order valence-corrected chi connectivity index (χ3v) is 4.91. The molecule has 0 bridgehead atoms. The number of imidazole rings is 1. The van der Waals surface area contributed by atoms with Crippen LogP contribution in [0.1, 0.15) is 10.4 Å². The number of nitrogens with zero attached hydrogens (tertiary/aromatic N) is 2. The lowest BCUT2D eigenvalue weighted by atomic mass is 10.1. The first kappa shape index (κ1) is 15.8. The minimum absolute atomic E-state index is 0.0524. The Morgan fingerprint density at radius 2 is 2.00 bits per heavy atom. The van der Waals surface area contributed by atoms with E-state index >= 15 is 0 Å². The number of hydrogen-bond acceptors (Lipinski definition) is 3. The van der Waals surface area contributed by atoms with Crippen LogP contribution in [0.5, 0.6) is 0 Å². The van der Waals surface area contributed by atoms with E-state index in [1.54, 1.807) is 23.9 Å². The lowest BCUT2D eigenvalue weighted by Gasteiger charge is -2.10. The van der Waals surface area contributed by atoms with E-state index in [0.29, 0.717) is 5.69 Å². The summed E-state index contributed by atoms with van der Waals surface area (Å²) >= 11 is 1.69. The number of fused-ring (bicyclic) bond motifs is 1. The highest BCUT2D eigenvalue weighted by atomic mass is 32.2. The third-order valence-electron chi connectivity index (χ3n) is 3.94. The van der Waals surface area contributed by atoms with Gasteiger partial charge in [-0.25, -0.2) is 13.8 Å². The van der Waals surface area contributed by atoms with Crippen molar-refractivity contribution in [3.63, 3.8) is 0 Å². The molecule has 0 saturated heterocycles. The number of anilines is 1. The normalized spacial score (nSPS) is 12.9. The molecule has 0 atom stereocenters. The summed E-state index contributed by atoms with van der Waals surface area (Å²) in [6.07, 6.45) is 1.96. The molecular weight excluding hydrogens is 344 g/mol. The standard InChI is InChI=1S/C18H13F2N3OS/c19-13-6-5-11(9-14(13)20)17(24)21-15-4-2-1-3-12(15)16-10-23-7-8-25-18(23)22-16/h1-6,9-10H,7-8H2,(H,21,24). The van der Waals surface area contributed by atoms with Crippen molar-refractivity contribution >= 4 is 23.4 Å². The predicted molar refractivity (Wildman–Crippen MR) is 92.7 cm³/mol. The molecule has 0 fully saturated rings. The highest BCUT2D eigenvalue weighted by molar-refractivity contribution is 7.99. The molecule has 126 valence electrons. The van der Waals surface area contributed by atoms with E-state index in [0.717, 1.165) is 40.8 Å². The van der Waals surface area contributed by atoms with Gasteiger partial charge in [0.2, 0.25) is 0 Å². The molecule has 7 heteroatoms. The number of thioether (sulfide) groups is 1. The number of para-hydroxylation sites is 1. The summed E-state index contributed by atoms with van der Waals surface area (Å²) in [5.74, 6) is -1.53. The maximum atomic E-state index is 13.3. The van der Waals surface area contributed by atoms with Gasteiger partial charge in [-0.3, -0.25) is 4.79 Å². The number of aromatic nitrogens is 2. The second-order valence-corrected chi connectivity index (χ2v) is 6.64. The fourth-order valence-electron chi connectivity index (χ4n) is 2.69. The number of carbonyl (C=O) groups excluding carboxylic acids is 1. The summed E-state index contributed by atoms with van der Waals surface area (Å²) in [5, 5.41) is 3.71. The lowest BCUT2D eigenvalue weighted by Crippen LogP contribution is -2.13. The molecule has 1 aromatic heterocycles. The molecule has 0 unspecified atom stereocenters. The van der Waals surface area contributed by atoms with Gasteiger partial charge in [0.1, 0.15) is 0 Å². The Morgan fingerprint density at radius 3 is 2.80 bits per heavy atom. The Kier molecular flexibility index (Phi) is 4.01. The van der Waals surface area contributed by atoms with Gasteiger partial charge in [-0.05, 0) is 24.3 Å². The SMILES string of the molecule is O=C(Nc1ccccc1-c1cn2c(n1)SCC2)c1ccc(F)c(F)c1. The van der Waals surface area contributed by atoms with E-state index in [-0.39, 0.29) is 5.56 Å². The molecule has 1 N–H and O–H groups in total. The number of halogens is 2. The Bertz CT molecular complexity index is 949. The molecule has 2 heterocycles. The van der Waals surface area contributed by atoms with Gasteiger partial charge in [0, 0.05) is 29.6 Å². The molecule has 0 saturated carbocycles. The highest BCUT2D eigenvalue weighted by Gasteiger charge is 2.18. The molecule has 1 amide bonds. The summed E-state index contributed by atoms with van der Waals surface area (Å²) in [6.45, 7) is 0.913. The van der Waals surface area contributed by atoms with E-state index in [1.807, 2.05) is 18.3 Å². The summed E-state index contributed by atoms with van der Waals surface area (Å²) in [7, 11) is 0. The summed E-state index contributed by atoms with van der Waals surface area (Å²) in [6, 6.07) is 10.3. The molecule has 1 aliphatic rings. The van der Waals surface area contributed by atoms with Crippen molar-refractivity contribution in [1.29, 1.82) is 0 Å². The third kappa shape index (κ3) is 3.02. The van der Waals surface area contributed by atoms with Crippen LogP contribution in [-0.2, 0) is 6.54 Å². The molecule has 2 aromatic carbocycles. The first-order valence-electron chi connectivity index (χ1n) is 7.67. The van der Waals surface area contributed by atoms with E-state index in [1.165, 1.54) is 6.07 Å². The smallest absolute Gasteiger partial charge is 0.255 e. The Labute approximate surface area is 146 Å². The highest BCUT2D eigenvalue weighted by Crippen LogP contribution is 2.32. The van der Waals surface area contributed by atoms with Crippen LogP contribution in [0.15, 0.2) is 53.8 Å². The second kappa shape index (κ2) is 6.33. The number of nitrogens with one attached hydrogen (secondary N) is 1. The van der Waals surface area contributed by atoms with Crippen LogP contribution in [0.25, 0.3) is 11.3 Å². The first-order chi connectivity index (χ1) is 12.1. The van der Waals surface area contributed by atoms with Gasteiger partial charge in [0.05, 0.1) is 11.4 Å². The fourth-order valence-corrected chi connectivity index (χ4v) is 3.63. The first-order valence-corrected chi connectivity index (χ1v) is 8.66. The summed E-state index contributed by atoms with van der Waals surface area (Å²) in [5.41, 5.74) is 2.17. The quantitative estimate of drug-likeness (QED) is 0.765. The van der Waals surface area contributed by atoms with Crippen molar-refractivity contribution in [3.05, 3.63) is 65.9 Å². The molecule has 3 aromatic rings. The summed E-state index contributed by atoms with van der Waals surface area (Å²) in [4.78, 5) is 17.0. The number of carbonyl (C=O) groups is 1. The van der Waals surface area contributed by atoms with Crippen LogP contribution < -0.4 is 5.32 Å². The van der Waals surface area contributed by atoms with Crippen LogP contribution in [0.4, 0.5) is 14.5 Å². The molecular formula is C18H13F2N3OS. The van der Waals surface area contributed by atoms with Crippen LogP contribution in [0, 0.1) is 11.6 Å². The zero-order valence-electron chi connectivity index (χ0n) is 13.0. The number of amides is 1. The van der Waals surface area contributed by atoms with Crippen molar-refractivity contribution in [2.45, 2.75) is 11.7 Å². The largest absolute Gasteiger partial charge is 0.325 e. The maximum absolute atomic E-state index is 13.3. The Hall–Kier alpha value is -2.67. The zero-order chi connectivity index (χ0) is 17.4. The topological polar surface area (TPSA) is 46.9 Å². The minimum atomic E-state index is -1.05. The van der Waals surface area contributed by atoms with E-state index in [9.17, 15) is 13.6 Å². The van der Waals surface area contributed by atoms with Gasteiger partial charge in [-0.1, -0.05) is 30.0 Å². The van der Waals surface area contributed by atoms with Crippen molar-refractivity contribution < 1.29 is 13.6 Å². The van der Waals surface area contributed by atoms with Crippen molar-refractivity contribution in [2.24, 2.45) is 0 Å². The van der Waals surface area contributed by atoms with E-state index in [2.05, 4.69) is 14.9 Å². The average molecular weight is 357 g/mol. The predicted octanol–water partition coefficient (Wildman–Crippen LogP) is 4.19. The van der Waals surface area contributed by atoms with Crippen LogP contribution >= 0.6 is 11.8 Å². The fraction of sp³-hybridized carbons (Fsp3) is 0.111. The van der Waals surface area contributed by atoms with Gasteiger partial charge in [0.15, 0.2) is 16.8 Å². The molecule has 4 rings (SSSR count). The van der Waals surface area contributed by atoms with E-state index in [4.69, 9.17) is 0 Å². The van der Waals surface area contributed by atoms with E-state index < -0.39 is 17.5 Å². The van der Waals surface area contributed by atoms with Crippen molar-refractivity contribution in [1.82, 2.24) is 9.55 Å².